The van der Waals surface area contributed by atoms with Crippen LogP contribution in [0.5, 0.6) is 5.75 Å². The Hall–Kier alpha value is -1.33. The molecular formula is C10H10ClFO4. The van der Waals surface area contributed by atoms with E-state index in [2.05, 4.69) is 4.74 Å². The second kappa shape index (κ2) is 5.14. The number of ether oxygens (including phenoxy) is 2. The monoisotopic (exact) mass is 248 g/mol. The fraction of sp³-hybridized carbons (Fsp3) is 0.300. The summed E-state index contributed by atoms with van der Waals surface area (Å²) in [5.41, 5.74) is -0.281. The summed E-state index contributed by atoms with van der Waals surface area (Å²) in [5, 5.41) is 9.63. The van der Waals surface area contributed by atoms with Gasteiger partial charge in [-0.15, -0.1) is 0 Å². The molecule has 1 unspecified atom stereocenters. The standard InChI is InChI=1S/C10H10ClFO4/c1-15-7-4-5(11)3-6(8(7)12)9(13)10(14)16-2/h3-4,9,13H,1-2H3. The van der Waals surface area contributed by atoms with Gasteiger partial charge < -0.3 is 14.6 Å². The molecule has 0 amide bonds. The summed E-state index contributed by atoms with van der Waals surface area (Å²) in [6.07, 6.45) is -1.72. The number of aliphatic hydroxyl groups is 1. The molecule has 0 aromatic heterocycles. The quantitative estimate of drug-likeness (QED) is 0.827. The number of aliphatic hydroxyl groups excluding tert-OH is 1. The van der Waals surface area contributed by atoms with Crippen molar-refractivity contribution in [2.45, 2.75) is 6.10 Å². The van der Waals surface area contributed by atoms with Crippen molar-refractivity contribution in [2.24, 2.45) is 0 Å². The first-order valence-electron chi connectivity index (χ1n) is 4.30. The second-order valence-electron chi connectivity index (χ2n) is 2.94. The minimum atomic E-state index is -1.72. The number of hydrogen-bond acceptors (Lipinski definition) is 4. The molecule has 0 aliphatic heterocycles. The van der Waals surface area contributed by atoms with Crippen LogP contribution in [0.4, 0.5) is 4.39 Å². The fourth-order valence-electron chi connectivity index (χ4n) is 1.17. The molecule has 88 valence electrons. The molecule has 1 aromatic rings. The molecule has 0 bridgehead atoms. The Balaban J connectivity index is 3.22. The highest BCUT2D eigenvalue weighted by atomic mass is 35.5. The molecule has 0 spiro atoms. The smallest absolute Gasteiger partial charge is 0.339 e. The minimum Gasteiger partial charge on any atom is -0.494 e. The molecule has 0 aliphatic rings. The van der Waals surface area contributed by atoms with Crippen LogP contribution in [0.3, 0.4) is 0 Å². The van der Waals surface area contributed by atoms with Crippen molar-refractivity contribution in [3.05, 3.63) is 28.5 Å². The van der Waals surface area contributed by atoms with Gasteiger partial charge in [-0.3, -0.25) is 0 Å². The Morgan fingerprint density at radius 2 is 2.12 bits per heavy atom. The van der Waals surface area contributed by atoms with E-state index in [1.807, 2.05) is 0 Å². The maximum Gasteiger partial charge on any atom is 0.339 e. The van der Waals surface area contributed by atoms with Crippen molar-refractivity contribution in [2.75, 3.05) is 14.2 Å². The van der Waals surface area contributed by atoms with E-state index in [4.69, 9.17) is 16.3 Å². The number of hydrogen-bond donors (Lipinski definition) is 1. The number of carbonyl (C=O) groups excluding carboxylic acids is 1. The third kappa shape index (κ3) is 2.43. The van der Waals surface area contributed by atoms with E-state index >= 15 is 0 Å². The van der Waals surface area contributed by atoms with E-state index < -0.39 is 17.9 Å². The van der Waals surface area contributed by atoms with E-state index in [1.165, 1.54) is 13.2 Å². The number of esters is 1. The van der Waals surface area contributed by atoms with E-state index in [-0.39, 0.29) is 16.3 Å². The van der Waals surface area contributed by atoms with Crippen molar-refractivity contribution in [3.8, 4) is 5.75 Å². The van der Waals surface area contributed by atoms with Gasteiger partial charge in [0.05, 0.1) is 14.2 Å². The summed E-state index contributed by atoms with van der Waals surface area (Å²) in [4.78, 5) is 11.1. The number of rotatable bonds is 3. The first-order valence-corrected chi connectivity index (χ1v) is 4.68. The van der Waals surface area contributed by atoms with Gasteiger partial charge in [0, 0.05) is 16.7 Å². The summed E-state index contributed by atoms with van der Waals surface area (Å²) in [6, 6.07) is 2.38. The Bertz CT molecular complexity index is 408. The predicted molar refractivity (Wildman–Crippen MR) is 54.9 cm³/mol. The average molecular weight is 249 g/mol. The van der Waals surface area contributed by atoms with Crippen molar-refractivity contribution >= 4 is 17.6 Å². The van der Waals surface area contributed by atoms with Crippen molar-refractivity contribution in [3.63, 3.8) is 0 Å². The Morgan fingerprint density at radius 1 is 1.50 bits per heavy atom. The Morgan fingerprint density at radius 3 is 2.62 bits per heavy atom. The summed E-state index contributed by atoms with van der Waals surface area (Å²) < 4.78 is 22.7. The third-order valence-corrected chi connectivity index (χ3v) is 2.19. The minimum absolute atomic E-state index is 0.148. The number of carbonyl (C=O) groups is 1. The maximum atomic E-state index is 13.6. The average Bonchev–Trinajstić information content (AvgIpc) is 2.29. The van der Waals surface area contributed by atoms with Crippen LogP contribution in [0.25, 0.3) is 0 Å². The molecule has 0 radical (unpaired) electrons. The largest absolute Gasteiger partial charge is 0.494 e. The summed E-state index contributed by atoms with van der Waals surface area (Å²) in [6.45, 7) is 0. The van der Waals surface area contributed by atoms with E-state index in [0.717, 1.165) is 13.2 Å². The van der Waals surface area contributed by atoms with E-state index in [9.17, 15) is 14.3 Å². The molecule has 4 nitrogen and oxygen atoms in total. The van der Waals surface area contributed by atoms with Crippen LogP contribution in [-0.2, 0) is 9.53 Å². The zero-order chi connectivity index (χ0) is 12.3. The normalized spacial score (nSPS) is 12.1. The molecule has 0 aliphatic carbocycles. The molecule has 1 atom stereocenters. The Labute approximate surface area is 96.5 Å². The van der Waals surface area contributed by atoms with Gasteiger partial charge in [-0.2, -0.15) is 0 Å². The van der Waals surface area contributed by atoms with E-state index in [0.29, 0.717) is 0 Å². The van der Waals surface area contributed by atoms with Gasteiger partial charge in [-0.25, -0.2) is 9.18 Å². The molecule has 16 heavy (non-hydrogen) atoms. The van der Waals surface area contributed by atoms with Gasteiger partial charge in [-0.1, -0.05) is 11.6 Å². The summed E-state index contributed by atoms with van der Waals surface area (Å²) >= 11 is 5.68. The lowest BCUT2D eigenvalue weighted by Crippen LogP contribution is -2.15. The van der Waals surface area contributed by atoms with Crippen LogP contribution < -0.4 is 4.74 Å². The van der Waals surface area contributed by atoms with Crippen molar-refractivity contribution in [1.29, 1.82) is 0 Å². The van der Waals surface area contributed by atoms with Gasteiger partial charge in [0.15, 0.2) is 17.7 Å². The van der Waals surface area contributed by atoms with Crippen molar-refractivity contribution < 1.29 is 23.8 Å². The van der Waals surface area contributed by atoms with Crippen LogP contribution in [0.2, 0.25) is 5.02 Å². The molecular weight excluding hydrogens is 239 g/mol. The van der Waals surface area contributed by atoms with Crippen LogP contribution in [0, 0.1) is 5.82 Å². The van der Waals surface area contributed by atoms with Crippen LogP contribution in [0.1, 0.15) is 11.7 Å². The number of halogens is 2. The highest BCUT2D eigenvalue weighted by Crippen LogP contribution is 2.29. The molecule has 6 heteroatoms. The zero-order valence-electron chi connectivity index (χ0n) is 8.66. The molecule has 1 N–H and O–H groups in total. The molecule has 0 heterocycles. The summed E-state index contributed by atoms with van der Waals surface area (Å²) in [5.74, 6) is -1.96. The first-order chi connectivity index (χ1) is 7.51. The van der Waals surface area contributed by atoms with Crippen LogP contribution >= 0.6 is 11.6 Å². The number of benzene rings is 1. The van der Waals surface area contributed by atoms with Crippen LogP contribution in [0.15, 0.2) is 12.1 Å². The molecule has 0 fully saturated rings. The molecule has 1 aromatic carbocycles. The zero-order valence-corrected chi connectivity index (χ0v) is 9.42. The number of methoxy groups -OCH3 is 2. The molecule has 1 rings (SSSR count). The maximum absolute atomic E-state index is 13.6. The first kappa shape index (κ1) is 12.7. The van der Waals surface area contributed by atoms with Gasteiger partial charge in [0.1, 0.15) is 0 Å². The highest BCUT2D eigenvalue weighted by Gasteiger charge is 2.24. The lowest BCUT2D eigenvalue weighted by atomic mass is 10.1. The lowest BCUT2D eigenvalue weighted by Gasteiger charge is -2.12. The topological polar surface area (TPSA) is 55.8 Å². The predicted octanol–water partition coefficient (Wildman–Crippen LogP) is 1.69. The molecule has 0 saturated carbocycles. The summed E-state index contributed by atoms with van der Waals surface area (Å²) in [7, 11) is 2.34. The van der Waals surface area contributed by atoms with Gasteiger partial charge >= 0.3 is 5.97 Å². The second-order valence-corrected chi connectivity index (χ2v) is 3.37. The molecule has 0 saturated heterocycles. The SMILES string of the molecule is COC(=O)C(O)c1cc(Cl)cc(OC)c1F. The van der Waals surface area contributed by atoms with E-state index in [1.54, 1.807) is 0 Å². The van der Waals surface area contributed by atoms with Gasteiger partial charge in [0.25, 0.3) is 0 Å². The third-order valence-electron chi connectivity index (χ3n) is 1.97. The Kier molecular flexibility index (Phi) is 4.09. The van der Waals surface area contributed by atoms with Crippen molar-refractivity contribution in [1.82, 2.24) is 0 Å². The van der Waals surface area contributed by atoms with Gasteiger partial charge in [0.2, 0.25) is 0 Å². The van der Waals surface area contributed by atoms with Gasteiger partial charge in [-0.05, 0) is 6.07 Å². The fourth-order valence-corrected chi connectivity index (χ4v) is 1.39. The van der Waals surface area contributed by atoms with Crippen LogP contribution in [-0.4, -0.2) is 25.3 Å². The highest BCUT2D eigenvalue weighted by molar-refractivity contribution is 6.30. The lowest BCUT2D eigenvalue weighted by molar-refractivity contribution is -0.150.